The Morgan fingerprint density at radius 2 is 2.10 bits per heavy atom. The van der Waals surface area contributed by atoms with Crippen molar-refractivity contribution in [2.45, 2.75) is 19.9 Å². The number of para-hydroxylation sites is 1. The van der Waals surface area contributed by atoms with Gasteiger partial charge >= 0.3 is 5.97 Å². The molecule has 6 nitrogen and oxygen atoms in total. The molecule has 0 aliphatic carbocycles. The highest BCUT2D eigenvalue weighted by Crippen LogP contribution is 2.33. The number of carbonyl (C=O) groups is 1. The Balaban J connectivity index is 2.42. The zero-order chi connectivity index (χ0) is 15.6. The van der Waals surface area contributed by atoms with Gasteiger partial charge in [-0.3, -0.25) is 10.1 Å². The van der Waals surface area contributed by atoms with Crippen LogP contribution in [-0.4, -0.2) is 16.0 Å². The number of nitrogens with zero attached hydrogens (tertiary/aromatic N) is 1. The van der Waals surface area contributed by atoms with Crippen LogP contribution in [0.3, 0.4) is 0 Å². The van der Waals surface area contributed by atoms with Gasteiger partial charge in [-0.05, 0) is 32.0 Å². The SMILES string of the molecule is Cc1ccc(C(C)Nc2c(C(=O)O)cccc2[N+](=O)[O-])s1. The van der Waals surface area contributed by atoms with Crippen LogP contribution in [-0.2, 0) is 0 Å². The summed E-state index contributed by atoms with van der Waals surface area (Å²) in [5.74, 6) is -1.20. The second-order valence-corrected chi connectivity index (χ2v) is 5.90. The number of nitrogens with one attached hydrogen (secondary N) is 1. The zero-order valence-electron chi connectivity index (χ0n) is 11.5. The fraction of sp³-hybridized carbons (Fsp3) is 0.214. The van der Waals surface area contributed by atoms with Crippen molar-refractivity contribution in [2.75, 3.05) is 5.32 Å². The van der Waals surface area contributed by atoms with E-state index in [1.807, 2.05) is 26.0 Å². The first-order valence-corrected chi connectivity index (χ1v) is 7.05. The number of benzene rings is 1. The molecule has 0 saturated carbocycles. The summed E-state index contributed by atoms with van der Waals surface area (Å²) in [6, 6.07) is 7.67. The summed E-state index contributed by atoms with van der Waals surface area (Å²) >= 11 is 1.56. The van der Waals surface area contributed by atoms with Gasteiger partial charge < -0.3 is 10.4 Å². The molecule has 2 rings (SSSR count). The maximum Gasteiger partial charge on any atom is 0.338 e. The van der Waals surface area contributed by atoms with Gasteiger partial charge in [-0.1, -0.05) is 6.07 Å². The predicted molar refractivity (Wildman–Crippen MR) is 81.1 cm³/mol. The number of rotatable bonds is 5. The molecule has 7 heteroatoms. The first-order valence-electron chi connectivity index (χ1n) is 6.23. The number of nitro benzene ring substituents is 1. The Morgan fingerprint density at radius 1 is 1.38 bits per heavy atom. The van der Waals surface area contributed by atoms with Gasteiger partial charge in [0.15, 0.2) is 0 Å². The van der Waals surface area contributed by atoms with E-state index in [0.29, 0.717) is 0 Å². The molecule has 21 heavy (non-hydrogen) atoms. The third-order valence-corrected chi connectivity index (χ3v) is 4.20. The van der Waals surface area contributed by atoms with Crippen molar-refractivity contribution in [3.8, 4) is 0 Å². The minimum Gasteiger partial charge on any atom is -0.478 e. The molecule has 0 radical (unpaired) electrons. The molecule has 110 valence electrons. The van der Waals surface area contributed by atoms with Crippen molar-refractivity contribution in [2.24, 2.45) is 0 Å². The third-order valence-electron chi connectivity index (χ3n) is 3.02. The number of aromatic carboxylic acids is 1. The molecule has 1 unspecified atom stereocenters. The smallest absolute Gasteiger partial charge is 0.338 e. The summed E-state index contributed by atoms with van der Waals surface area (Å²) < 4.78 is 0. The Hall–Kier alpha value is -2.41. The molecule has 0 saturated heterocycles. The Labute approximate surface area is 125 Å². The molecule has 0 aliphatic rings. The van der Waals surface area contributed by atoms with E-state index >= 15 is 0 Å². The van der Waals surface area contributed by atoms with Crippen LogP contribution in [0.4, 0.5) is 11.4 Å². The van der Waals surface area contributed by atoms with Crippen molar-refractivity contribution in [1.29, 1.82) is 0 Å². The molecule has 0 spiro atoms. The number of anilines is 1. The van der Waals surface area contributed by atoms with Crippen LogP contribution >= 0.6 is 11.3 Å². The second-order valence-electron chi connectivity index (χ2n) is 4.58. The second kappa shape index (κ2) is 5.92. The van der Waals surface area contributed by atoms with Gasteiger partial charge in [0.1, 0.15) is 5.69 Å². The molecule has 2 N–H and O–H groups in total. The van der Waals surface area contributed by atoms with Crippen LogP contribution < -0.4 is 5.32 Å². The van der Waals surface area contributed by atoms with E-state index in [9.17, 15) is 20.0 Å². The number of thiophene rings is 1. The van der Waals surface area contributed by atoms with Crippen LogP contribution in [0.25, 0.3) is 0 Å². The quantitative estimate of drug-likeness (QED) is 0.646. The molecule has 1 heterocycles. The molecular weight excluding hydrogens is 292 g/mol. The van der Waals surface area contributed by atoms with Gasteiger partial charge in [0.05, 0.1) is 16.5 Å². The number of nitro groups is 1. The van der Waals surface area contributed by atoms with Crippen molar-refractivity contribution in [3.05, 3.63) is 55.8 Å². The normalized spacial score (nSPS) is 11.9. The Kier molecular flexibility index (Phi) is 4.23. The Bertz CT molecular complexity index is 664. The van der Waals surface area contributed by atoms with E-state index in [4.69, 9.17) is 0 Å². The number of hydrogen-bond acceptors (Lipinski definition) is 5. The summed E-state index contributed by atoms with van der Waals surface area (Å²) in [6.07, 6.45) is 0. The van der Waals surface area contributed by atoms with Crippen LogP contribution in [0.5, 0.6) is 0 Å². The lowest BCUT2D eigenvalue weighted by molar-refractivity contribution is -0.384. The lowest BCUT2D eigenvalue weighted by atomic mass is 10.1. The standard InChI is InChI=1S/C14H14N2O4S/c1-8-6-7-12(21-8)9(2)15-13-10(14(17)18)4-3-5-11(13)16(19)20/h3-7,9,15H,1-2H3,(H,17,18). The molecule has 0 amide bonds. The van der Waals surface area contributed by atoms with E-state index in [0.717, 1.165) is 9.75 Å². The lowest BCUT2D eigenvalue weighted by Crippen LogP contribution is -2.11. The maximum absolute atomic E-state index is 11.3. The first kappa shape index (κ1) is 15.0. The van der Waals surface area contributed by atoms with Gasteiger partial charge in [0.25, 0.3) is 5.69 Å². The van der Waals surface area contributed by atoms with E-state index in [2.05, 4.69) is 5.32 Å². The Morgan fingerprint density at radius 3 is 2.62 bits per heavy atom. The van der Waals surface area contributed by atoms with E-state index in [1.54, 1.807) is 11.3 Å². The van der Waals surface area contributed by atoms with Crippen LogP contribution in [0, 0.1) is 17.0 Å². The van der Waals surface area contributed by atoms with Gasteiger partial charge in [-0.15, -0.1) is 11.3 Å². The molecule has 2 aromatic rings. The predicted octanol–water partition coefficient (Wildman–Crippen LogP) is 3.84. The summed E-state index contributed by atoms with van der Waals surface area (Å²) in [5, 5.41) is 23.3. The molecule has 1 aromatic carbocycles. The minimum absolute atomic E-state index is 0.0357. The largest absolute Gasteiger partial charge is 0.478 e. The molecular formula is C14H14N2O4S. The van der Waals surface area contributed by atoms with E-state index in [-0.39, 0.29) is 23.0 Å². The fourth-order valence-corrected chi connectivity index (χ4v) is 2.88. The average molecular weight is 306 g/mol. The average Bonchev–Trinajstić information content (AvgIpc) is 2.85. The molecule has 1 aromatic heterocycles. The molecule has 0 fully saturated rings. The highest BCUT2D eigenvalue weighted by atomic mass is 32.1. The van der Waals surface area contributed by atoms with E-state index in [1.165, 1.54) is 18.2 Å². The minimum atomic E-state index is -1.20. The summed E-state index contributed by atoms with van der Waals surface area (Å²) in [7, 11) is 0. The summed E-state index contributed by atoms with van der Waals surface area (Å²) in [4.78, 5) is 23.9. The number of hydrogen-bond donors (Lipinski definition) is 2. The third kappa shape index (κ3) is 3.19. The zero-order valence-corrected chi connectivity index (χ0v) is 12.3. The maximum atomic E-state index is 11.3. The van der Waals surface area contributed by atoms with Crippen molar-refractivity contribution >= 4 is 28.7 Å². The highest BCUT2D eigenvalue weighted by Gasteiger charge is 2.23. The molecule has 1 atom stereocenters. The van der Waals surface area contributed by atoms with Gasteiger partial charge in [-0.25, -0.2) is 4.79 Å². The molecule has 0 bridgehead atoms. The first-order chi connectivity index (χ1) is 9.90. The highest BCUT2D eigenvalue weighted by molar-refractivity contribution is 7.12. The monoisotopic (exact) mass is 306 g/mol. The van der Waals surface area contributed by atoms with E-state index < -0.39 is 10.9 Å². The lowest BCUT2D eigenvalue weighted by Gasteiger charge is -2.15. The van der Waals surface area contributed by atoms with Gasteiger partial charge in [0, 0.05) is 15.8 Å². The fourth-order valence-electron chi connectivity index (χ4n) is 2.00. The number of carboxylic acid groups (broad SMARTS) is 1. The van der Waals surface area contributed by atoms with Crippen LogP contribution in [0.2, 0.25) is 0 Å². The molecule has 0 aliphatic heterocycles. The summed E-state index contributed by atoms with van der Waals surface area (Å²) in [5.41, 5.74) is -0.312. The number of carboxylic acids is 1. The van der Waals surface area contributed by atoms with Gasteiger partial charge in [0.2, 0.25) is 0 Å². The number of aryl methyl sites for hydroxylation is 1. The topological polar surface area (TPSA) is 92.5 Å². The van der Waals surface area contributed by atoms with Crippen molar-refractivity contribution in [3.63, 3.8) is 0 Å². The summed E-state index contributed by atoms with van der Waals surface area (Å²) in [6.45, 7) is 3.81. The van der Waals surface area contributed by atoms with Crippen LogP contribution in [0.1, 0.15) is 33.1 Å². The van der Waals surface area contributed by atoms with Crippen molar-refractivity contribution < 1.29 is 14.8 Å². The van der Waals surface area contributed by atoms with Gasteiger partial charge in [-0.2, -0.15) is 0 Å². The van der Waals surface area contributed by atoms with Crippen molar-refractivity contribution in [1.82, 2.24) is 0 Å². The van der Waals surface area contributed by atoms with Crippen LogP contribution in [0.15, 0.2) is 30.3 Å².